The number of nitrogens with one attached hydrogen (secondary N) is 3. The molecule has 1 aliphatic rings. The Balaban J connectivity index is 2.21. The van der Waals surface area contributed by atoms with Crippen LogP contribution in [0.3, 0.4) is 0 Å². The van der Waals surface area contributed by atoms with E-state index < -0.39 is 70.2 Å². The summed E-state index contributed by atoms with van der Waals surface area (Å²) in [6.45, 7) is 4.75. The number of ether oxygens (including phenoxy) is 1. The maximum atomic E-state index is 13.3. The number of nitro groups is 1. The van der Waals surface area contributed by atoms with Crippen LogP contribution in [0.15, 0.2) is 18.2 Å². The highest BCUT2D eigenvalue weighted by Crippen LogP contribution is 2.28. The first-order valence-corrected chi connectivity index (χ1v) is 12.6. The lowest BCUT2D eigenvalue weighted by Crippen LogP contribution is -2.57. The summed E-state index contributed by atoms with van der Waals surface area (Å²) in [6.07, 6.45) is 0.529. The van der Waals surface area contributed by atoms with Gasteiger partial charge in [-0.15, -0.1) is 0 Å². The first kappa shape index (κ1) is 31.7. The summed E-state index contributed by atoms with van der Waals surface area (Å²) < 4.78 is 4.68. The molecule has 1 aromatic carbocycles. The fraction of sp³-hybridized carbons (Fsp3) is 0.520. The van der Waals surface area contributed by atoms with E-state index >= 15 is 0 Å². The number of likely N-dealkylation sites (tertiary alicyclic amines) is 1. The second-order valence-corrected chi connectivity index (χ2v) is 9.65. The molecule has 0 spiro atoms. The van der Waals surface area contributed by atoms with E-state index in [1.807, 2.05) is 0 Å². The van der Waals surface area contributed by atoms with Gasteiger partial charge >= 0.3 is 5.97 Å². The Hall–Kier alpha value is -4.56. The summed E-state index contributed by atoms with van der Waals surface area (Å²) in [5.41, 5.74) is 4.63. The fourth-order valence-electron chi connectivity index (χ4n) is 4.29. The zero-order valence-corrected chi connectivity index (χ0v) is 22.7. The fourth-order valence-corrected chi connectivity index (χ4v) is 4.29. The Morgan fingerprint density at radius 2 is 1.85 bits per heavy atom. The number of carbonyl (C=O) groups is 6. The van der Waals surface area contributed by atoms with Crippen molar-refractivity contribution in [2.75, 3.05) is 19.0 Å². The molecule has 1 heterocycles. The molecule has 15 nitrogen and oxygen atoms in total. The van der Waals surface area contributed by atoms with E-state index in [1.54, 1.807) is 13.8 Å². The number of hydrogen-bond donors (Lipinski definition) is 4. The van der Waals surface area contributed by atoms with E-state index in [4.69, 9.17) is 5.73 Å². The minimum Gasteiger partial charge on any atom is -0.467 e. The number of benzene rings is 1. The lowest BCUT2D eigenvalue weighted by Gasteiger charge is -2.28. The first-order chi connectivity index (χ1) is 18.8. The van der Waals surface area contributed by atoms with Crippen molar-refractivity contribution in [2.45, 2.75) is 64.6 Å². The molecule has 5 N–H and O–H groups in total. The van der Waals surface area contributed by atoms with Gasteiger partial charge in [-0.1, -0.05) is 13.8 Å². The summed E-state index contributed by atoms with van der Waals surface area (Å²) in [5.74, 6) is -4.29. The van der Waals surface area contributed by atoms with Gasteiger partial charge in [0.1, 0.15) is 23.8 Å². The number of primary amides is 1. The predicted octanol–water partition coefficient (Wildman–Crippen LogP) is 0.222. The minimum absolute atomic E-state index is 0.0302. The molecule has 1 aromatic rings. The topological polar surface area (TPSA) is 220 Å². The van der Waals surface area contributed by atoms with Crippen molar-refractivity contribution in [3.63, 3.8) is 0 Å². The van der Waals surface area contributed by atoms with E-state index in [-0.39, 0.29) is 30.6 Å². The van der Waals surface area contributed by atoms with Crippen molar-refractivity contribution in [1.29, 1.82) is 0 Å². The van der Waals surface area contributed by atoms with Crippen LogP contribution in [-0.2, 0) is 28.7 Å². The Labute approximate surface area is 230 Å². The van der Waals surface area contributed by atoms with Crippen LogP contribution in [-0.4, -0.2) is 77.1 Å². The van der Waals surface area contributed by atoms with Crippen molar-refractivity contribution in [3.8, 4) is 0 Å². The number of anilines is 1. The summed E-state index contributed by atoms with van der Waals surface area (Å²) in [6, 6.07) is 0.330. The summed E-state index contributed by atoms with van der Waals surface area (Å²) in [7, 11) is 1.13. The lowest BCUT2D eigenvalue weighted by atomic mass is 10.0. The van der Waals surface area contributed by atoms with Crippen molar-refractivity contribution < 1.29 is 38.4 Å². The Kier molecular flexibility index (Phi) is 11.1. The average molecular weight is 563 g/mol. The van der Waals surface area contributed by atoms with Crippen LogP contribution in [0.2, 0.25) is 0 Å². The quantitative estimate of drug-likeness (QED) is 0.155. The number of hydrogen-bond acceptors (Lipinski definition) is 9. The molecule has 0 aromatic heterocycles. The molecule has 15 heteroatoms. The first-order valence-electron chi connectivity index (χ1n) is 12.6. The number of nitrogens with two attached hydrogens (primary N) is 1. The van der Waals surface area contributed by atoms with Gasteiger partial charge in [-0.3, -0.25) is 34.1 Å². The summed E-state index contributed by atoms with van der Waals surface area (Å²) >= 11 is 0. The van der Waals surface area contributed by atoms with E-state index in [1.165, 1.54) is 24.0 Å². The third-order valence-electron chi connectivity index (χ3n) is 6.30. The van der Waals surface area contributed by atoms with Crippen molar-refractivity contribution in [2.24, 2.45) is 11.7 Å². The molecule has 1 saturated heterocycles. The van der Waals surface area contributed by atoms with Crippen molar-refractivity contribution >= 4 is 46.9 Å². The molecule has 0 radical (unpaired) electrons. The predicted molar refractivity (Wildman–Crippen MR) is 141 cm³/mol. The molecule has 0 saturated carbocycles. The molecule has 0 bridgehead atoms. The summed E-state index contributed by atoms with van der Waals surface area (Å²) in [5, 5.41) is 18.8. The molecule has 1 fully saturated rings. The van der Waals surface area contributed by atoms with Crippen LogP contribution in [0.1, 0.15) is 56.8 Å². The van der Waals surface area contributed by atoms with Crippen molar-refractivity contribution in [3.05, 3.63) is 33.9 Å². The van der Waals surface area contributed by atoms with Gasteiger partial charge in [0.05, 0.1) is 12.0 Å². The number of carbonyl (C=O) groups excluding carboxylic acids is 6. The Bertz CT molecular complexity index is 1190. The van der Waals surface area contributed by atoms with Gasteiger partial charge in [0.25, 0.3) is 11.6 Å². The summed E-state index contributed by atoms with van der Waals surface area (Å²) in [4.78, 5) is 86.3. The minimum atomic E-state index is -1.16. The number of rotatable bonds is 12. The molecular formula is C25H34N6O9. The zero-order chi connectivity index (χ0) is 30.1. The highest BCUT2D eigenvalue weighted by atomic mass is 16.6. The van der Waals surface area contributed by atoms with Gasteiger partial charge in [-0.25, -0.2) is 4.79 Å². The van der Waals surface area contributed by atoms with Crippen LogP contribution in [0.5, 0.6) is 0 Å². The largest absolute Gasteiger partial charge is 0.467 e. The number of nitrogens with zero attached hydrogens (tertiary/aromatic N) is 2. The third kappa shape index (κ3) is 8.22. The van der Waals surface area contributed by atoms with E-state index in [2.05, 4.69) is 20.7 Å². The number of nitro benzene ring substituents is 1. The maximum Gasteiger partial charge on any atom is 0.328 e. The van der Waals surface area contributed by atoms with Gasteiger partial charge in [-0.2, -0.15) is 0 Å². The van der Waals surface area contributed by atoms with E-state index in [0.717, 1.165) is 13.2 Å². The molecule has 218 valence electrons. The highest BCUT2D eigenvalue weighted by molar-refractivity contribution is 6.01. The monoisotopic (exact) mass is 562 g/mol. The standard InChI is InChI=1S/C25H34N6O9/c1-13(2)21(23(35)28-16(25(37)40-4)8-10-20(26)33)29-22(34)19-6-5-11-30(19)24(36)15-7-9-18(31(38)39)17(12-15)27-14(3)32/h7,9,12-13,16,19,21H,5-6,8,10-11H2,1-4H3,(H2,26,33)(H,27,32)(H,28,35)(H,29,34)/t16-,19+,21+/m0/s1. The SMILES string of the molecule is COC(=O)[C@H](CCC(N)=O)NC(=O)[C@H](NC(=O)[C@H]1CCCN1C(=O)c1ccc([N+](=O)[O-])c(NC(C)=O)c1)C(C)C. The molecule has 0 aliphatic carbocycles. The van der Waals surface area contributed by atoms with E-state index in [0.29, 0.717) is 12.8 Å². The van der Waals surface area contributed by atoms with Crippen LogP contribution in [0.4, 0.5) is 11.4 Å². The number of esters is 1. The zero-order valence-electron chi connectivity index (χ0n) is 22.7. The molecule has 40 heavy (non-hydrogen) atoms. The normalized spacial score (nSPS) is 16.0. The van der Waals surface area contributed by atoms with Gasteiger partial charge in [0.2, 0.25) is 23.6 Å². The highest BCUT2D eigenvalue weighted by Gasteiger charge is 2.38. The van der Waals surface area contributed by atoms with Crippen molar-refractivity contribution in [1.82, 2.24) is 15.5 Å². The van der Waals surface area contributed by atoms with Gasteiger partial charge in [-0.05, 0) is 37.3 Å². The average Bonchev–Trinajstić information content (AvgIpc) is 3.37. The van der Waals surface area contributed by atoms with Gasteiger partial charge in [0.15, 0.2) is 0 Å². The van der Waals surface area contributed by atoms with Crippen LogP contribution in [0, 0.1) is 16.0 Å². The molecule has 0 unspecified atom stereocenters. The second kappa shape index (κ2) is 14.0. The molecule has 5 amide bonds. The smallest absolute Gasteiger partial charge is 0.328 e. The lowest BCUT2D eigenvalue weighted by molar-refractivity contribution is -0.383. The number of amides is 5. The number of methoxy groups -OCH3 is 1. The molecular weight excluding hydrogens is 528 g/mol. The maximum absolute atomic E-state index is 13.3. The Morgan fingerprint density at radius 1 is 1.18 bits per heavy atom. The Morgan fingerprint density at radius 3 is 2.40 bits per heavy atom. The van der Waals surface area contributed by atoms with Crippen LogP contribution in [0.25, 0.3) is 0 Å². The van der Waals surface area contributed by atoms with Gasteiger partial charge < -0.3 is 31.3 Å². The molecule has 2 rings (SSSR count). The molecule has 1 aliphatic heterocycles. The third-order valence-corrected chi connectivity index (χ3v) is 6.30. The van der Waals surface area contributed by atoms with E-state index in [9.17, 15) is 38.9 Å². The second-order valence-electron chi connectivity index (χ2n) is 9.65. The van der Waals surface area contributed by atoms with Crippen LogP contribution >= 0.6 is 0 Å². The van der Waals surface area contributed by atoms with Gasteiger partial charge in [0, 0.05) is 31.5 Å². The van der Waals surface area contributed by atoms with Crippen LogP contribution < -0.4 is 21.7 Å². The molecule has 3 atom stereocenters.